The summed E-state index contributed by atoms with van der Waals surface area (Å²) in [5, 5.41) is 21.2. The van der Waals surface area contributed by atoms with Crippen LogP contribution in [0.3, 0.4) is 0 Å². The van der Waals surface area contributed by atoms with Gasteiger partial charge in [0.2, 0.25) is 5.82 Å². The Balaban J connectivity index is 2.72. The largest absolute Gasteiger partial charge is 0.394 e. The number of benzene rings is 1. The number of nitrogens with one attached hydrogen (secondary N) is 1. The third-order valence-electron chi connectivity index (χ3n) is 2.25. The number of ether oxygens (including phenoxy) is 1. The summed E-state index contributed by atoms with van der Waals surface area (Å²) in [7, 11) is 0. The summed E-state index contributed by atoms with van der Waals surface area (Å²) in [6.45, 7) is 0.0135. The molecular weight excluding hydrogens is 278 g/mol. The van der Waals surface area contributed by atoms with Gasteiger partial charge in [-0.3, -0.25) is 14.9 Å². The fourth-order valence-electron chi connectivity index (χ4n) is 1.35. The highest BCUT2D eigenvalue weighted by Crippen LogP contribution is 2.21. The molecule has 9 heteroatoms. The summed E-state index contributed by atoms with van der Waals surface area (Å²) in [5.74, 6) is -3.46. The predicted molar refractivity (Wildman–Crippen MR) is 63.3 cm³/mol. The lowest BCUT2D eigenvalue weighted by atomic mass is 10.1. The van der Waals surface area contributed by atoms with Gasteiger partial charge in [0.05, 0.1) is 30.3 Å². The first-order valence-electron chi connectivity index (χ1n) is 5.57. The smallest absolute Gasteiger partial charge is 0.305 e. The van der Waals surface area contributed by atoms with E-state index >= 15 is 0 Å². The maximum Gasteiger partial charge on any atom is 0.305 e. The molecule has 0 aliphatic carbocycles. The maximum atomic E-state index is 13.4. The second-order valence-electron chi connectivity index (χ2n) is 3.63. The molecule has 0 spiro atoms. The molecule has 1 amide bonds. The van der Waals surface area contributed by atoms with Gasteiger partial charge in [0.25, 0.3) is 5.91 Å². The zero-order valence-corrected chi connectivity index (χ0v) is 10.3. The van der Waals surface area contributed by atoms with Gasteiger partial charge < -0.3 is 15.2 Å². The normalized spacial score (nSPS) is 10.3. The molecule has 0 bridgehead atoms. The Morgan fingerprint density at radius 3 is 2.65 bits per heavy atom. The third-order valence-corrected chi connectivity index (χ3v) is 2.25. The van der Waals surface area contributed by atoms with Crippen molar-refractivity contribution in [2.75, 3.05) is 26.4 Å². The number of amides is 1. The van der Waals surface area contributed by atoms with Crippen molar-refractivity contribution in [1.29, 1.82) is 0 Å². The van der Waals surface area contributed by atoms with E-state index in [9.17, 15) is 23.7 Å². The highest BCUT2D eigenvalue weighted by Gasteiger charge is 2.22. The van der Waals surface area contributed by atoms with Crippen LogP contribution in [0.15, 0.2) is 12.1 Å². The van der Waals surface area contributed by atoms with Gasteiger partial charge in [0, 0.05) is 18.7 Å². The topological polar surface area (TPSA) is 102 Å². The Bertz CT molecular complexity index is 510. The van der Waals surface area contributed by atoms with Crippen molar-refractivity contribution < 1.29 is 28.3 Å². The van der Waals surface area contributed by atoms with Gasteiger partial charge in [-0.2, -0.15) is 4.39 Å². The summed E-state index contributed by atoms with van der Waals surface area (Å²) >= 11 is 0. The number of halogens is 2. The van der Waals surface area contributed by atoms with Crippen molar-refractivity contribution in [2.24, 2.45) is 0 Å². The average molecular weight is 290 g/mol. The van der Waals surface area contributed by atoms with Gasteiger partial charge in [-0.1, -0.05) is 0 Å². The van der Waals surface area contributed by atoms with Gasteiger partial charge in [-0.25, -0.2) is 4.39 Å². The zero-order chi connectivity index (χ0) is 15.1. The van der Waals surface area contributed by atoms with Gasteiger partial charge in [0.15, 0.2) is 0 Å². The van der Waals surface area contributed by atoms with E-state index in [4.69, 9.17) is 9.84 Å². The molecule has 0 radical (unpaired) electrons. The van der Waals surface area contributed by atoms with Crippen LogP contribution in [-0.2, 0) is 4.74 Å². The third kappa shape index (κ3) is 4.21. The Labute approximate surface area is 112 Å². The van der Waals surface area contributed by atoms with Crippen LogP contribution in [0, 0.1) is 21.7 Å². The van der Waals surface area contributed by atoms with Crippen LogP contribution in [0.5, 0.6) is 0 Å². The molecule has 0 aromatic heterocycles. The number of nitro groups is 1. The molecule has 2 N–H and O–H groups in total. The summed E-state index contributed by atoms with van der Waals surface area (Å²) < 4.78 is 31.3. The van der Waals surface area contributed by atoms with Crippen molar-refractivity contribution in [1.82, 2.24) is 5.32 Å². The van der Waals surface area contributed by atoms with Gasteiger partial charge >= 0.3 is 5.69 Å². The summed E-state index contributed by atoms with van der Waals surface area (Å²) in [6, 6.07) is 0.823. The maximum absolute atomic E-state index is 13.4. The first-order chi connectivity index (χ1) is 9.47. The van der Waals surface area contributed by atoms with Crippen LogP contribution in [0.2, 0.25) is 0 Å². The SMILES string of the molecule is O=C(NCCOCCO)c1cc([N+](=O)[O-])c(F)cc1F. The molecule has 0 aliphatic heterocycles. The van der Waals surface area contributed by atoms with Crippen molar-refractivity contribution >= 4 is 11.6 Å². The predicted octanol–water partition coefficient (Wildman–Crippen LogP) is 0.612. The molecule has 0 heterocycles. The van der Waals surface area contributed by atoms with Crippen LogP contribution < -0.4 is 5.32 Å². The fourth-order valence-corrected chi connectivity index (χ4v) is 1.35. The molecule has 7 nitrogen and oxygen atoms in total. The second-order valence-corrected chi connectivity index (χ2v) is 3.63. The minimum atomic E-state index is -1.35. The molecule has 1 aromatic rings. The van der Waals surface area contributed by atoms with E-state index in [0.29, 0.717) is 6.07 Å². The molecule has 0 saturated heterocycles. The second kappa shape index (κ2) is 7.46. The summed E-state index contributed by atoms with van der Waals surface area (Å²) in [5.41, 5.74) is -1.60. The molecule has 0 saturated carbocycles. The molecule has 0 unspecified atom stereocenters. The molecule has 0 atom stereocenters. The number of nitrogens with zero attached hydrogens (tertiary/aromatic N) is 1. The molecule has 1 aromatic carbocycles. The number of aliphatic hydroxyl groups excluding tert-OH is 1. The minimum absolute atomic E-state index is 0.0173. The van der Waals surface area contributed by atoms with Gasteiger partial charge in [-0.15, -0.1) is 0 Å². The molecule has 0 fully saturated rings. The average Bonchev–Trinajstić information content (AvgIpc) is 2.37. The van der Waals surface area contributed by atoms with Crippen LogP contribution in [-0.4, -0.2) is 42.3 Å². The van der Waals surface area contributed by atoms with Crippen molar-refractivity contribution in [3.8, 4) is 0 Å². The Kier molecular flexibility index (Phi) is 5.94. The first kappa shape index (κ1) is 15.9. The van der Waals surface area contributed by atoms with E-state index in [2.05, 4.69) is 5.32 Å². The number of nitro benzene ring substituents is 1. The van der Waals surface area contributed by atoms with Crippen molar-refractivity contribution in [3.63, 3.8) is 0 Å². The monoisotopic (exact) mass is 290 g/mol. The van der Waals surface area contributed by atoms with E-state index in [0.717, 1.165) is 0 Å². The highest BCUT2D eigenvalue weighted by molar-refractivity contribution is 5.95. The molecular formula is C11H12F2N2O5. The Hall–Kier alpha value is -2.13. The van der Waals surface area contributed by atoms with Gasteiger partial charge in [-0.05, 0) is 0 Å². The Morgan fingerprint density at radius 1 is 1.35 bits per heavy atom. The van der Waals surface area contributed by atoms with E-state index in [1.165, 1.54) is 0 Å². The van der Waals surface area contributed by atoms with Crippen LogP contribution >= 0.6 is 0 Å². The molecule has 1 rings (SSSR count). The lowest BCUT2D eigenvalue weighted by molar-refractivity contribution is -0.387. The Morgan fingerprint density at radius 2 is 2.05 bits per heavy atom. The molecule has 20 heavy (non-hydrogen) atoms. The summed E-state index contributed by atoms with van der Waals surface area (Å²) in [6.07, 6.45) is 0. The number of hydrogen-bond acceptors (Lipinski definition) is 5. The number of aliphatic hydroxyl groups is 1. The van der Waals surface area contributed by atoms with Crippen molar-refractivity contribution in [3.05, 3.63) is 39.4 Å². The fraction of sp³-hybridized carbons (Fsp3) is 0.364. The van der Waals surface area contributed by atoms with Crippen LogP contribution in [0.1, 0.15) is 10.4 Å². The number of carbonyl (C=O) groups is 1. The number of rotatable bonds is 7. The number of hydrogen-bond donors (Lipinski definition) is 2. The van der Waals surface area contributed by atoms with E-state index < -0.39 is 33.7 Å². The lowest BCUT2D eigenvalue weighted by Crippen LogP contribution is -2.28. The van der Waals surface area contributed by atoms with E-state index in [-0.39, 0.29) is 32.4 Å². The minimum Gasteiger partial charge on any atom is -0.394 e. The van der Waals surface area contributed by atoms with E-state index in [1.54, 1.807) is 0 Å². The quantitative estimate of drug-likeness (QED) is 0.435. The summed E-state index contributed by atoms with van der Waals surface area (Å²) in [4.78, 5) is 21.0. The number of carbonyl (C=O) groups excluding carboxylic acids is 1. The molecule has 110 valence electrons. The lowest BCUT2D eigenvalue weighted by Gasteiger charge is -2.06. The first-order valence-corrected chi connectivity index (χ1v) is 5.57. The van der Waals surface area contributed by atoms with Crippen molar-refractivity contribution in [2.45, 2.75) is 0 Å². The van der Waals surface area contributed by atoms with Crippen LogP contribution in [0.4, 0.5) is 14.5 Å². The zero-order valence-electron chi connectivity index (χ0n) is 10.3. The molecule has 0 aliphatic rings. The highest BCUT2D eigenvalue weighted by atomic mass is 19.1. The van der Waals surface area contributed by atoms with E-state index in [1.807, 2.05) is 0 Å². The van der Waals surface area contributed by atoms with Crippen LogP contribution in [0.25, 0.3) is 0 Å². The van der Waals surface area contributed by atoms with Gasteiger partial charge in [0.1, 0.15) is 5.82 Å². The standard InChI is InChI=1S/C11H12F2N2O5/c12-8-6-9(13)10(15(18)19)5-7(8)11(17)14-1-3-20-4-2-16/h5-6,16H,1-4H2,(H,14,17).